The third kappa shape index (κ3) is 5.33. The van der Waals surface area contributed by atoms with Gasteiger partial charge in [0.2, 0.25) is 0 Å². The molecule has 218 valence electrons. The van der Waals surface area contributed by atoms with E-state index in [1.807, 2.05) is 24.3 Å². The van der Waals surface area contributed by atoms with E-state index in [2.05, 4.69) is 156 Å². The van der Waals surface area contributed by atoms with Gasteiger partial charge in [0.1, 0.15) is 0 Å². The smallest absolute Gasteiger partial charge is 0.0894 e. The highest BCUT2D eigenvalue weighted by Crippen LogP contribution is 2.34. The number of benzene rings is 4. The van der Waals surface area contributed by atoms with Crippen LogP contribution in [-0.2, 0) is 0 Å². The maximum Gasteiger partial charge on any atom is 0.0894 e. The van der Waals surface area contributed by atoms with Crippen molar-refractivity contribution in [1.82, 2.24) is 9.97 Å². The van der Waals surface area contributed by atoms with E-state index in [1.165, 1.54) is 0 Å². The topological polar surface area (TPSA) is 56.3 Å². The monoisotopic (exact) mass is 590 g/mol. The number of aliphatic imine (C=N–C) groups is 2. The fourth-order valence-corrected chi connectivity index (χ4v) is 6.03. The van der Waals surface area contributed by atoms with Crippen molar-refractivity contribution in [3.05, 3.63) is 204 Å². The largest absolute Gasteiger partial charge is 0.354 e. The molecule has 0 radical (unpaired) electrons. The predicted octanol–water partition coefficient (Wildman–Crippen LogP) is 9.92. The maximum absolute atomic E-state index is 5.14. The summed E-state index contributed by atoms with van der Waals surface area (Å²) in [5.74, 6) is 0. The quantitative estimate of drug-likeness (QED) is 0.186. The van der Waals surface area contributed by atoms with E-state index in [9.17, 15) is 0 Å². The SMILES string of the molecule is C1=C/C(=C(\c2ccccc2)c2ccc(-c3ccccc3)[nH]2)N=C1C1=N/C(=C(/c2ccccc2)c2ccc(-c3ccccc3)[nH]2)C=C1. The first-order valence-corrected chi connectivity index (χ1v) is 15.4. The zero-order valence-electron chi connectivity index (χ0n) is 25.1. The van der Waals surface area contributed by atoms with Crippen molar-refractivity contribution < 1.29 is 0 Å². The Morgan fingerprint density at radius 1 is 0.370 bits per heavy atom. The summed E-state index contributed by atoms with van der Waals surface area (Å²) >= 11 is 0. The van der Waals surface area contributed by atoms with Crippen LogP contribution in [0.4, 0.5) is 0 Å². The highest BCUT2D eigenvalue weighted by molar-refractivity contribution is 6.52. The molecule has 2 N–H and O–H groups in total. The molecule has 8 rings (SSSR count). The third-order valence-electron chi connectivity index (χ3n) is 8.26. The molecule has 4 heteroatoms. The first kappa shape index (κ1) is 27.3. The molecule has 0 amide bonds. The number of nitrogens with one attached hydrogen (secondary N) is 2. The van der Waals surface area contributed by atoms with Gasteiger partial charge in [-0.1, -0.05) is 121 Å². The first-order valence-electron chi connectivity index (χ1n) is 15.4. The van der Waals surface area contributed by atoms with Gasteiger partial charge >= 0.3 is 0 Å². The van der Waals surface area contributed by atoms with Crippen molar-refractivity contribution in [2.45, 2.75) is 0 Å². The molecule has 2 aliphatic heterocycles. The highest BCUT2D eigenvalue weighted by Gasteiger charge is 2.21. The summed E-state index contributed by atoms with van der Waals surface area (Å²) in [5, 5.41) is 0. The summed E-state index contributed by atoms with van der Waals surface area (Å²) < 4.78 is 0. The third-order valence-corrected chi connectivity index (χ3v) is 8.26. The molecule has 6 aromatic rings. The van der Waals surface area contributed by atoms with E-state index in [-0.39, 0.29) is 0 Å². The second-order valence-corrected chi connectivity index (χ2v) is 11.2. The average molecular weight is 591 g/mol. The minimum absolute atomic E-state index is 0.841. The predicted molar refractivity (Wildman–Crippen MR) is 191 cm³/mol. The van der Waals surface area contributed by atoms with E-state index < -0.39 is 0 Å². The van der Waals surface area contributed by atoms with Gasteiger partial charge in [-0.2, -0.15) is 0 Å². The zero-order chi connectivity index (χ0) is 30.7. The Labute approximate surface area is 268 Å². The van der Waals surface area contributed by atoms with E-state index >= 15 is 0 Å². The Balaban J connectivity index is 1.19. The molecule has 0 bridgehead atoms. The molecule has 0 saturated heterocycles. The molecular formula is C42H30N4. The molecule has 2 aliphatic rings. The van der Waals surface area contributed by atoms with Gasteiger partial charge in [0.05, 0.1) is 22.8 Å². The van der Waals surface area contributed by atoms with Crippen LogP contribution in [0, 0.1) is 0 Å². The Morgan fingerprint density at radius 2 is 0.739 bits per heavy atom. The minimum Gasteiger partial charge on any atom is -0.354 e. The number of H-pyrrole nitrogens is 2. The van der Waals surface area contributed by atoms with Crippen LogP contribution in [0.15, 0.2) is 191 Å². The van der Waals surface area contributed by atoms with Crippen molar-refractivity contribution in [2.75, 3.05) is 0 Å². The van der Waals surface area contributed by atoms with Crippen LogP contribution in [0.3, 0.4) is 0 Å². The number of aromatic nitrogens is 2. The van der Waals surface area contributed by atoms with Gasteiger partial charge in [0, 0.05) is 33.9 Å². The summed E-state index contributed by atoms with van der Waals surface area (Å²) in [5.41, 5.74) is 14.3. The fraction of sp³-hybridized carbons (Fsp3) is 0. The number of rotatable bonds is 7. The first-order chi connectivity index (χ1) is 22.8. The van der Waals surface area contributed by atoms with Crippen LogP contribution >= 0.6 is 0 Å². The summed E-state index contributed by atoms with van der Waals surface area (Å²) in [6.45, 7) is 0. The van der Waals surface area contributed by atoms with Crippen molar-refractivity contribution in [3.8, 4) is 22.5 Å². The van der Waals surface area contributed by atoms with Gasteiger partial charge in [-0.05, 0) is 70.8 Å². The van der Waals surface area contributed by atoms with Gasteiger partial charge in [-0.25, -0.2) is 9.98 Å². The lowest BCUT2D eigenvalue weighted by Crippen LogP contribution is -2.04. The lowest BCUT2D eigenvalue weighted by atomic mass is 10.0. The van der Waals surface area contributed by atoms with E-state index in [0.717, 1.165) is 79.0 Å². The Morgan fingerprint density at radius 3 is 1.13 bits per heavy atom. The summed E-state index contributed by atoms with van der Waals surface area (Å²) in [6.07, 6.45) is 8.31. The fourth-order valence-electron chi connectivity index (χ4n) is 6.03. The highest BCUT2D eigenvalue weighted by atomic mass is 14.9. The van der Waals surface area contributed by atoms with Gasteiger partial charge < -0.3 is 9.97 Å². The van der Waals surface area contributed by atoms with E-state index in [1.54, 1.807) is 0 Å². The van der Waals surface area contributed by atoms with Crippen molar-refractivity contribution in [1.29, 1.82) is 0 Å². The second-order valence-electron chi connectivity index (χ2n) is 11.2. The molecule has 0 fully saturated rings. The zero-order valence-corrected chi connectivity index (χ0v) is 25.1. The lowest BCUT2D eigenvalue weighted by Gasteiger charge is -2.09. The molecular weight excluding hydrogens is 560 g/mol. The molecule has 0 spiro atoms. The molecule has 0 atom stereocenters. The van der Waals surface area contributed by atoms with Crippen molar-refractivity contribution >= 4 is 22.6 Å². The maximum atomic E-state index is 5.14. The van der Waals surface area contributed by atoms with Gasteiger partial charge in [0.25, 0.3) is 0 Å². The molecule has 0 aliphatic carbocycles. The minimum atomic E-state index is 0.841. The Bertz CT molecular complexity index is 2040. The van der Waals surface area contributed by atoms with Crippen molar-refractivity contribution in [2.24, 2.45) is 9.98 Å². The number of hydrogen-bond acceptors (Lipinski definition) is 2. The van der Waals surface area contributed by atoms with Crippen LogP contribution in [0.2, 0.25) is 0 Å². The van der Waals surface area contributed by atoms with Crippen LogP contribution in [0.1, 0.15) is 22.5 Å². The van der Waals surface area contributed by atoms with E-state index in [0.29, 0.717) is 0 Å². The van der Waals surface area contributed by atoms with Gasteiger partial charge in [0.15, 0.2) is 0 Å². The molecule has 4 nitrogen and oxygen atoms in total. The van der Waals surface area contributed by atoms with Crippen LogP contribution in [-0.4, -0.2) is 21.4 Å². The van der Waals surface area contributed by atoms with Crippen LogP contribution in [0.25, 0.3) is 33.7 Å². The number of nitrogens with zero attached hydrogens (tertiary/aromatic N) is 2. The van der Waals surface area contributed by atoms with Crippen LogP contribution < -0.4 is 0 Å². The molecule has 0 unspecified atom stereocenters. The summed E-state index contributed by atoms with van der Waals surface area (Å²) in [7, 11) is 0. The second kappa shape index (κ2) is 12.0. The van der Waals surface area contributed by atoms with Crippen LogP contribution in [0.5, 0.6) is 0 Å². The molecule has 4 heterocycles. The number of hydrogen-bond donors (Lipinski definition) is 2. The summed E-state index contributed by atoms with van der Waals surface area (Å²) in [6, 6.07) is 50.2. The van der Waals surface area contributed by atoms with Gasteiger partial charge in [-0.15, -0.1) is 0 Å². The lowest BCUT2D eigenvalue weighted by molar-refractivity contribution is 1.31. The molecule has 2 aromatic heterocycles. The average Bonchev–Trinajstić information content (AvgIpc) is 3.96. The Hall–Kier alpha value is -6.26. The van der Waals surface area contributed by atoms with Gasteiger partial charge in [-0.3, -0.25) is 0 Å². The number of allylic oxidation sites excluding steroid dienone is 4. The van der Waals surface area contributed by atoms with E-state index in [4.69, 9.17) is 9.98 Å². The molecule has 0 saturated carbocycles. The Kier molecular flexibility index (Phi) is 7.14. The summed E-state index contributed by atoms with van der Waals surface area (Å²) in [4.78, 5) is 17.6. The van der Waals surface area contributed by atoms with Crippen molar-refractivity contribution in [3.63, 3.8) is 0 Å². The molecule has 4 aromatic carbocycles. The normalized spacial score (nSPS) is 16.0. The standard InChI is InChI=1S/C42H30N4/c1-5-13-29(14-6-1)33-21-25-37(43-33)41(31-17-9-3-10-18-31)39-27-23-35(45-39)36-24-28-40(46-36)42(32-19-11-4-12-20-32)38-26-22-34(44-38)30-15-7-2-8-16-30/h1-28,43-44H/b41-39-,42-40-. The molecule has 46 heavy (non-hydrogen) atoms. The number of aromatic amines is 2.